The van der Waals surface area contributed by atoms with E-state index in [1.54, 1.807) is 0 Å². The highest BCUT2D eigenvalue weighted by molar-refractivity contribution is 14.1. The lowest BCUT2D eigenvalue weighted by molar-refractivity contribution is -0.147. The van der Waals surface area contributed by atoms with Crippen molar-refractivity contribution in [2.24, 2.45) is 0 Å². The third kappa shape index (κ3) is 7.03. The SMILES string of the molecule is Cc1cccc(OCCCC(=O)OCC(=O)Nc2ccc(I)cc2C)c1. The van der Waals surface area contributed by atoms with Crippen molar-refractivity contribution in [3.63, 3.8) is 0 Å². The number of carbonyl (C=O) groups is 2. The Morgan fingerprint density at radius 1 is 1.12 bits per heavy atom. The molecule has 0 saturated carbocycles. The molecule has 0 heterocycles. The number of anilines is 1. The highest BCUT2D eigenvalue weighted by Gasteiger charge is 2.09. The first-order chi connectivity index (χ1) is 12.4. The van der Waals surface area contributed by atoms with Gasteiger partial charge in [0.25, 0.3) is 5.91 Å². The topological polar surface area (TPSA) is 64.6 Å². The van der Waals surface area contributed by atoms with Crippen molar-refractivity contribution in [2.45, 2.75) is 26.7 Å². The Bertz CT molecular complexity index is 776. The number of aryl methyl sites for hydroxylation is 2. The Hall–Kier alpha value is -2.09. The van der Waals surface area contributed by atoms with Crippen LogP contribution in [0.3, 0.4) is 0 Å². The van der Waals surface area contributed by atoms with E-state index in [2.05, 4.69) is 27.9 Å². The maximum Gasteiger partial charge on any atom is 0.306 e. The number of ether oxygens (including phenoxy) is 2. The Balaban J connectivity index is 1.64. The zero-order valence-corrected chi connectivity index (χ0v) is 17.0. The number of hydrogen-bond donors (Lipinski definition) is 1. The minimum absolute atomic E-state index is 0.210. The summed E-state index contributed by atoms with van der Waals surface area (Å²) in [6.07, 6.45) is 0.742. The van der Waals surface area contributed by atoms with Crippen molar-refractivity contribution < 1.29 is 19.1 Å². The molecule has 0 aliphatic heterocycles. The molecule has 0 aliphatic rings. The predicted molar refractivity (Wildman–Crippen MR) is 109 cm³/mol. The summed E-state index contributed by atoms with van der Waals surface area (Å²) in [5.74, 6) is 0.0247. The lowest BCUT2D eigenvalue weighted by Crippen LogP contribution is -2.21. The van der Waals surface area contributed by atoms with E-state index in [1.165, 1.54) is 0 Å². The molecule has 0 aromatic heterocycles. The number of hydrogen-bond acceptors (Lipinski definition) is 4. The minimum atomic E-state index is -0.410. The molecule has 2 rings (SSSR count). The first-order valence-electron chi connectivity index (χ1n) is 8.35. The summed E-state index contributed by atoms with van der Waals surface area (Å²) in [6, 6.07) is 13.4. The normalized spacial score (nSPS) is 10.3. The highest BCUT2D eigenvalue weighted by Crippen LogP contribution is 2.17. The molecule has 5 nitrogen and oxygen atoms in total. The summed E-state index contributed by atoms with van der Waals surface area (Å²) in [4.78, 5) is 23.6. The predicted octanol–water partition coefficient (Wildman–Crippen LogP) is 4.25. The number of amides is 1. The first-order valence-corrected chi connectivity index (χ1v) is 9.43. The Morgan fingerprint density at radius 2 is 1.92 bits per heavy atom. The fourth-order valence-electron chi connectivity index (χ4n) is 2.28. The van der Waals surface area contributed by atoms with Gasteiger partial charge in [-0.25, -0.2) is 0 Å². The molecule has 0 radical (unpaired) electrons. The third-order valence-corrected chi connectivity index (χ3v) is 4.28. The van der Waals surface area contributed by atoms with Gasteiger partial charge < -0.3 is 14.8 Å². The molecule has 2 aromatic carbocycles. The molecule has 1 amide bonds. The lowest BCUT2D eigenvalue weighted by atomic mass is 10.2. The number of rotatable bonds is 8. The van der Waals surface area contributed by atoms with E-state index < -0.39 is 5.97 Å². The van der Waals surface area contributed by atoms with Crippen LogP contribution < -0.4 is 10.1 Å². The van der Waals surface area contributed by atoms with Crippen LogP contribution in [-0.2, 0) is 14.3 Å². The van der Waals surface area contributed by atoms with Crippen LogP contribution in [0.1, 0.15) is 24.0 Å². The summed E-state index contributed by atoms with van der Waals surface area (Å²) < 4.78 is 11.7. The third-order valence-electron chi connectivity index (χ3n) is 3.61. The molecule has 26 heavy (non-hydrogen) atoms. The summed E-state index contributed by atoms with van der Waals surface area (Å²) in [5.41, 5.74) is 2.80. The van der Waals surface area contributed by atoms with Gasteiger partial charge in [0.2, 0.25) is 0 Å². The van der Waals surface area contributed by atoms with Crippen molar-refractivity contribution in [1.29, 1.82) is 0 Å². The van der Waals surface area contributed by atoms with Gasteiger partial charge in [-0.3, -0.25) is 9.59 Å². The van der Waals surface area contributed by atoms with Crippen molar-refractivity contribution >= 4 is 40.2 Å². The van der Waals surface area contributed by atoms with E-state index in [0.29, 0.717) is 13.0 Å². The van der Waals surface area contributed by atoms with Gasteiger partial charge in [-0.05, 0) is 84.3 Å². The average Bonchev–Trinajstić information content (AvgIpc) is 2.59. The van der Waals surface area contributed by atoms with Crippen molar-refractivity contribution in [3.8, 4) is 5.75 Å². The molecule has 6 heteroatoms. The Morgan fingerprint density at radius 3 is 2.65 bits per heavy atom. The van der Waals surface area contributed by atoms with Gasteiger partial charge in [0.1, 0.15) is 5.75 Å². The summed E-state index contributed by atoms with van der Waals surface area (Å²) >= 11 is 2.21. The molecular weight excluding hydrogens is 445 g/mol. The monoisotopic (exact) mass is 467 g/mol. The van der Waals surface area contributed by atoms with Crippen LogP contribution in [0.15, 0.2) is 42.5 Å². The molecule has 0 unspecified atom stereocenters. The zero-order valence-electron chi connectivity index (χ0n) is 14.9. The van der Waals surface area contributed by atoms with Gasteiger partial charge in [-0.1, -0.05) is 12.1 Å². The second-order valence-electron chi connectivity index (χ2n) is 5.94. The summed E-state index contributed by atoms with van der Waals surface area (Å²) in [5, 5.41) is 2.74. The van der Waals surface area contributed by atoms with E-state index in [1.807, 2.05) is 56.3 Å². The second-order valence-corrected chi connectivity index (χ2v) is 7.18. The van der Waals surface area contributed by atoms with Crippen LogP contribution in [0.5, 0.6) is 5.75 Å². The fraction of sp³-hybridized carbons (Fsp3) is 0.300. The van der Waals surface area contributed by atoms with Crippen LogP contribution in [0, 0.1) is 17.4 Å². The maximum atomic E-state index is 11.9. The number of benzene rings is 2. The van der Waals surface area contributed by atoms with Gasteiger partial charge >= 0.3 is 5.97 Å². The smallest absolute Gasteiger partial charge is 0.306 e. The van der Waals surface area contributed by atoms with E-state index >= 15 is 0 Å². The van der Waals surface area contributed by atoms with Crippen molar-refractivity contribution in [2.75, 3.05) is 18.5 Å². The van der Waals surface area contributed by atoms with Gasteiger partial charge in [0.05, 0.1) is 6.61 Å². The average molecular weight is 467 g/mol. The lowest BCUT2D eigenvalue weighted by Gasteiger charge is -2.09. The Labute approximate surface area is 167 Å². The van der Waals surface area contributed by atoms with Gasteiger partial charge in [-0.15, -0.1) is 0 Å². The van der Waals surface area contributed by atoms with Crippen LogP contribution in [-0.4, -0.2) is 25.1 Å². The quantitative estimate of drug-likeness (QED) is 0.358. The Kier molecular flexibility index (Phi) is 7.90. The van der Waals surface area contributed by atoms with Gasteiger partial charge in [-0.2, -0.15) is 0 Å². The van der Waals surface area contributed by atoms with Crippen LogP contribution in [0.4, 0.5) is 5.69 Å². The van der Waals surface area contributed by atoms with Crippen LogP contribution in [0.2, 0.25) is 0 Å². The number of esters is 1. The molecule has 0 atom stereocenters. The molecule has 0 aliphatic carbocycles. The summed E-state index contributed by atoms with van der Waals surface area (Å²) in [6.45, 7) is 4.04. The number of nitrogens with one attached hydrogen (secondary N) is 1. The first kappa shape index (κ1) is 20.2. The van der Waals surface area contributed by atoms with Crippen LogP contribution in [0.25, 0.3) is 0 Å². The van der Waals surface area contributed by atoms with E-state index in [0.717, 1.165) is 26.1 Å². The standard InChI is InChI=1S/C20H22INO4/c1-14-5-3-6-17(11-14)25-10-4-7-20(24)26-13-19(23)22-18-9-8-16(21)12-15(18)2/h3,5-6,8-9,11-12H,4,7,10,13H2,1-2H3,(H,22,23). The zero-order chi connectivity index (χ0) is 18.9. The fourth-order valence-corrected chi connectivity index (χ4v) is 2.93. The maximum absolute atomic E-state index is 11.9. The summed E-state index contributed by atoms with van der Waals surface area (Å²) in [7, 11) is 0. The van der Waals surface area contributed by atoms with E-state index in [4.69, 9.17) is 9.47 Å². The molecule has 2 aromatic rings. The van der Waals surface area contributed by atoms with Crippen molar-refractivity contribution in [1.82, 2.24) is 0 Å². The largest absolute Gasteiger partial charge is 0.494 e. The molecule has 1 N–H and O–H groups in total. The molecule has 138 valence electrons. The molecule has 0 bridgehead atoms. The van der Waals surface area contributed by atoms with E-state index in [-0.39, 0.29) is 18.9 Å². The van der Waals surface area contributed by atoms with Gasteiger partial charge in [0, 0.05) is 15.7 Å². The van der Waals surface area contributed by atoms with E-state index in [9.17, 15) is 9.59 Å². The number of halogens is 1. The van der Waals surface area contributed by atoms with Crippen LogP contribution >= 0.6 is 22.6 Å². The second kappa shape index (κ2) is 10.2. The highest BCUT2D eigenvalue weighted by atomic mass is 127. The van der Waals surface area contributed by atoms with Crippen molar-refractivity contribution in [3.05, 3.63) is 57.2 Å². The molecule has 0 saturated heterocycles. The number of carbonyl (C=O) groups excluding carboxylic acids is 2. The molecule has 0 spiro atoms. The van der Waals surface area contributed by atoms with Gasteiger partial charge in [0.15, 0.2) is 6.61 Å². The minimum Gasteiger partial charge on any atom is -0.494 e. The molecular formula is C20H22INO4. The molecule has 0 fully saturated rings.